The van der Waals surface area contributed by atoms with Gasteiger partial charge in [-0.3, -0.25) is 9.59 Å². The number of rotatable bonds is 6. The number of carbonyl (C=O) groups is 2. The lowest BCUT2D eigenvalue weighted by Gasteiger charge is -2.21. The van der Waals surface area contributed by atoms with Crippen LogP contribution in [0.4, 0.5) is 5.69 Å². The molecule has 0 aromatic heterocycles. The summed E-state index contributed by atoms with van der Waals surface area (Å²) in [6.45, 7) is -0.0133. The predicted molar refractivity (Wildman–Crippen MR) is 109 cm³/mol. The van der Waals surface area contributed by atoms with Crippen molar-refractivity contribution in [2.45, 2.75) is 0 Å². The maximum atomic E-state index is 13.4. The molecule has 0 saturated carbocycles. The van der Waals surface area contributed by atoms with Gasteiger partial charge in [0.2, 0.25) is 0 Å². The molecule has 2 aromatic carbocycles. The van der Waals surface area contributed by atoms with Gasteiger partial charge in [0.05, 0.1) is 30.0 Å². The number of imide groups is 1. The van der Waals surface area contributed by atoms with Gasteiger partial charge in [-0.1, -0.05) is 41.4 Å². The Morgan fingerprint density at radius 1 is 1.11 bits per heavy atom. The SMILES string of the molecule is COc1ccccc1N1C(=O)C(c2ccc(Cl)cc2Cl)=C(N(C)CCO)C1=O. The van der Waals surface area contributed by atoms with Crippen molar-refractivity contribution in [1.82, 2.24) is 4.90 Å². The smallest absolute Gasteiger partial charge is 0.282 e. The molecule has 0 radical (unpaired) electrons. The lowest BCUT2D eigenvalue weighted by Crippen LogP contribution is -2.35. The largest absolute Gasteiger partial charge is 0.495 e. The highest BCUT2D eigenvalue weighted by Crippen LogP contribution is 2.40. The molecule has 0 spiro atoms. The Kier molecular flexibility index (Phi) is 5.93. The number of aliphatic hydroxyl groups is 1. The van der Waals surface area contributed by atoms with Crippen LogP contribution in [0.1, 0.15) is 5.56 Å². The number of nitrogens with zero attached hydrogens (tertiary/aromatic N) is 2. The molecule has 6 nitrogen and oxygen atoms in total. The van der Waals surface area contributed by atoms with Crippen LogP contribution in [-0.2, 0) is 9.59 Å². The van der Waals surface area contributed by atoms with E-state index in [0.717, 1.165) is 4.90 Å². The van der Waals surface area contributed by atoms with Crippen LogP contribution in [0.15, 0.2) is 48.2 Å². The second-order valence-corrected chi connectivity index (χ2v) is 6.95. The molecule has 2 amide bonds. The van der Waals surface area contributed by atoms with Gasteiger partial charge < -0.3 is 14.7 Å². The molecule has 8 heteroatoms. The van der Waals surface area contributed by atoms with Gasteiger partial charge in [-0.25, -0.2) is 4.90 Å². The van der Waals surface area contributed by atoms with E-state index in [2.05, 4.69) is 0 Å². The molecule has 0 saturated heterocycles. The van der Waals surface area contributed by atoms with Gasteiger partial charge in [-0.2, -0.15) is 0 Å². The standard InChI is InChI=1S/C20H18Cl2N2O4/c1-23(9-10-25)18-17(13-8-7-12(21)11-14(13)22)19(26)24(20(18)27)15-5-3-4-6-16(15)28-2/h3-8,11,25H,9-10H2,1-2H3. The normalized spacial score (nSPS) is 14.1. The highest BCUT2D eigenvalue weighted by molar-refractivity contribution is 6.47. The molecule has 1 N–H and O–H groups in total. The third-order valence-corrected chi connectivity index (χ3v) is 4.95. The first-order valence-corrected chi connectivity index (χ1v) is 9.19. The predicted octanol–water partition coefficient (Wildman–Crippen LogP) is 3.21. The average molecular weight is 421 g/mol. The van der Waals surface area contributed by atoms with Crippen molar-refractivity contribution in [3.8, 4) is 5.75 Å². The van der Waals surface area contributed by atoms with E-state index in [0.29, 0.717) is 22.0 Å². The Balaban J connectivity index is 2.20. The Bertz CT molecular complexity index is 974. The van der Waals surface area contributed by atoms with Crippen molar-refractivity contribution in [2.75, 3.05) is 32.2 Å². The quantitative estimate of drug-likeness (QED) is 0.726. The topological polar surface area (TPSA) is 70.1 Å². The van der Waals surface area contributed by atoms with Gasteiger partial charge in [0, 0.05) is 24.2 Å². The lowest BCUT2D eigenvalue weighted by molar-refractivity contribution is -0.120. The molecule has 0 fully saturated rings. The molecule has 0 atom stereocenters. The highest BCUT2D eigenvalue weighted by atomic mass is 35.5. The molecule has 1 aliphatic heterocycles. The van der Waals surface area contributed by atoms with E-state index >= 15 is 0 Å². The van der Waals surface area contributed by atoms with Crippen molar-refractivity contribution in [3.63, 3.8) is 0 Å². The molecule has 0 unspecified atom stereocenters. The minimum atomic E-state index is -0.529. The number of ether oxygens (including phenoxy) is 1. The number of likely N-dealkylation sites (N-methyl/N-ethyl adjacent to an activating group) is 1. The van der Waals surface area contributed by atoms with Crippen molar-refractivity contribution in [3.05, 3.63) is 63.8 Å². The Hall–Kier alpha value is -2.54. The summed E-state index contributed by atoms with van der Waals surface area (Å²) in [6, 6.07) is 11.5. The van der Waals surface area contributed by atoms with Crippen LogP contribution in [0.5, 0.6) is 5.75 Å². The van der Waals surface area contributed by atoms with Crippen LogP contribution in [0, 0.1) is 0 Å². The van der Waals surface area contributed by atoms with Crippen LogP contribution < -0.4 is 9.64 Å². The van der Waals surface area contributed by atoms with Gasteiger partial charge >= 0.3 is 0 Å². The number of methoxy groups -OCH3 is 1. The first-order chi connectivity index (χ1) is 13.4. The first kappa shape index (κ1) is 20.2. The number of carbonyl (C=O) groups excluding carboxylic acids is 2. The third kappa shape index (κ3) is 3.46. The minimum absolute atomic E-state index is 0.147. The van der Waals surface area contributed by atoms with Crippen molar-refractivity contribution in [1.29, 1.82) is 0 Å². The van der Waals surface area contributed by atoms with E-state index in [1.165, 1.54) is 18.1 Å². The molecule has 28 heavy (non-hydrogen) atoms. The van der Waals surface area contributed by atoms with Crippen LogP contribution in [0.3, 0.4) is 0 Å². The van der Waals surface area contributed by atoms with Gasteiger partial charge in [-0.15, -0.1) is 0 Å². The van der Waals surface area contributed by atoms with E-state index < -0.39 is 11.8 Å². The van der Waals surface area contributed by atoms with Crippen LogP contribution in [0.2, 0.25) is 10.0 Å². The molecule has 146 valence electrons. The molecule has 2 aromatic rings. The summed E-state index contributed by atoms with van der Waals surface area (Å²) in [6.07, 6.45) is 0. The lowest BCUT2D eigenvalue weighted by atomic mass is 10.0. The van der Waals surface area contributed by atoms with E-state index in [1.807, 2.05) is 0 Å². The summed E-state index contributed by atoms with van der Waals surface area (Å²) in [5, 5.41) is 9.99. The maximum Gasteiger partial charge on any atom is 0.282 e. The minimum Gasteiger partial charge on any atom is -0.495 e. The number of amides is 2. The zero-order chi connectivity index (χ0) is 20.4. The van der Waals surface area contributed by atoms with Gasteiger partial charge in [0.1, 0.15) is 11.4 Å². The average Bonchev–Trinajstić information content (AvgIpc) is 2.92. The monoisotopic (exact) mass is 420 g/mol. The molecule has 1 aliphatic rings. The van der Waals surface area contributed by atoms with Crippen LogP contribution in [-0.4, -0.2) is 49.1 Å². The first-order valence-electron chi connectivity index (χ1n) is 8.44. The van der Waals surface area contributed by atoms with E-state index in [-0.39, 0.29) is 29.4 Å². The molecular formula is C20H18Cl2N2O4. The summed E-state index contributed by atoms with van der Waals surface area (Å²) < 4.78 is 5.32. The second kappa shape index (κ2) is 8.22. The summed E-state index contributed by atoms with van der Waals surface area (Å²) in [4.78, 5) is 29.2. The molecule has 3 rings (SSSR count). The molecule has 0 aliphatic carbocycles. The number of benzene rings is 2. The van der Waals surface area contributed by atoms with Crippen molar-refractivity contribution >= 4 is 46.3 Å². The third-order valence-electron chi connectivity index (χ3n) is 4.40. The van der Waals surface area contributed by atoms with E-state index in [1.54, 1.807) is 43.4 Å². The zero-order valence-electron chi connectivity index (χ0n) is 15.3. The van der Waals surface area contributed by atoms with Gasteiger partial charge in [0.15, 0.2) is 0 Å². The summed E-state index contributed by atoms with van der Waals surface area (Å²) in [5.74, 6) is -0.665. The Morgan fingerprint density at radius 2 is 1.82 bits per heavy atom. The molecule has 1 heterocycles. The Morgan fingerprint density at radius 3 is 2.46 bits per heavy atom. The van der Waals surface area contributed by atoms with Crippen molar-refractivity contribution < 1.29 is 19.4 Å². The number of hydrogen-bond donors (Lipinski definition) is 1. The number of anilines is 1. The molecule has 0 bridgehead atoms. The number of hydrogen-bond acceptors (Lipinski definition) is 5. The maximum absolute atomic E-state index is 13.4. The highest BCUT2D eigenvalue weighted by Gasteiger charge is 2.43. The van der Waals surface area contributed by atoms with E-state index in [4.69, 9.17) is 27.9 Å². The number of halogens is 2. The summed E-state index contributed by atoms with van der Waals surface area (Å²) in [7, 11) is 3.10. The van der Waals surface area contributed by atoms with Crippen molar-refractivity contribution in [2.24, 2.45) is 0 Å². The summed E-state index contributed by atoms with van der Waals surface area (Å²) in [5.41, 5.74) is 1.01. The fourth-order valence-electron chi connectivity index (χ4n) is 3.10. The number of para-hydroxylation sites is 2. The van der Waals surface area contributed by atoms with E-state index in [9.17, 15) is 14.7 Å². The Labute approximate surface area is 172 Å². The fraction of sp³-hybridized carbons (Fsp3) is 0.200. The second-order valence-electron chi connectivity index (χ2n) is 6.11. The number of aliphatic hydroxyl groups excluding tert-OH is 1. The summed E-state index contributed by atoms with van der Waals surface area (Å²) >= 11 is 12.3. The van der Waals surface area contributed by atoms with Gasteiger partial charge in [0.25, 0.3) is 11.8 Å². The fourth-order valence-corrected chi connectivity index (χ4v) is 3.61. The van der Waals surface area contributed by atoms with Crippen LogP contribution >= 0.6 is 23.2 Å². The van der Waals surface area contributed by atoms with Crippen LogP contribution in [0.25, 0.3) is 5.57 Å². The zero-order valence-corrected chi connectivity index (χ0v) is 16.8. The van der Waals surface area contributed by atoms with Gasteiger partial charge in [-0.05, 0) is 24.3 Å². The molecular weight excluding hydrogens is 403 g/mol.